The SMILES string of the molecule is COc1c(CN2O[C@@H](CO)[C@@H]([C@H](C)O)[C@H]2C(=O)N[C@H]2C[C@H](C(C)C)CC[C@@H]2C)cccc1C1C=C(C(=O)N[C@H](CN2CCCC2)[C@H](O)c2ccccc2)C=C(N(C)C)C1. The molecule has 2 aliphatic heterocycles. The average Bonchev–Trinajstić information content (AvgIpc) is 3.89. The number of ether oxygens (including phenoxy) is 1. The Kier molecular flexibility index (Phi) is 15.3. The fraction of sp³-hybridized carbons (Fsp3) is 0.617. The lowest BCUT2D eigenvalue weighted by Gasteiger charge is -2.38. The molecule has 324 valence electrons. The van der Waals surface area contributed by atoms with E-state index in [9.17, 15) is 24.9 Å². The van der Waals surface area contributed by atoms with Crippen molar-refractivity contribution in [2.45, 2.75) is 115 Å². The van der Waals surface area contributed by atoms with Crippen LogP contribution < -0.4 is 15.4 Å². The van der Waals surface area contributed by atoms with Crippen molar-refractivity contribution in [1.82, 2.24) is 25.5 Å². The lowest BCUT2D eigenvalue weighted by atomic mass is 9.74. The Labute approximate surface area is 351 Å². The first-order valence-electron chi connectivity index (χ1n) is 21.8. The largest absolute Gasteiger partial charge is 0.496 e. The minimum Gasteiger partial charge on any atom is -0.496 e. The van der Waals surface area contributed by atoms with Gasteiger partial charge in [-0.1, -0.05) is 75.4 Å². The second-order valence-electron chi connectivity index (χ2n) is 18.0. The molecule has 2 amide bonds. The second-order valence-corrected chi connectivity index (χ2v) is 18.0. The summed E-state index contributed by atoms with van der Waals surface area (Å²) in [5.41, 5.74) is 3.88. The van der Waals surface area contributed by atoms with Crippen LogP contribution in [-0.4, -0.2) is 120 Å². The van der Waals surface area contributed by atoms with Gasteiger partial charge >= 0.3 is 0 Å². The van der Waals surface area contributed by atoms with Gasteiger partial charge in [0.1, 0.15) is 24.0 Å². The number of aliphatic hydroxyl groups is 3. The zero-order chi connectivity index (χ0) is 42.4. The van der Waals surface area contributed by atoms with E-state index in [1.165, 1.54) is 0 Å². The number of hydrogen-bond acceptors (Lipinski definition) is 10. The normalized spacial score (nSPS) is 28.1. The van der Waals surface area contributed by atoms with Crippen LogP contribution in [0.15, 0.2) is 72.0 Å². The highest BCUT2D eigenvalue weighted by Crippen LogP contribution is 2.41. The van der Waals surface area contributed by atoms with E-state index in [0.29, 0.717) is 42.0 Å². The molecule has 1 unspecified atom stereocenters. The molecule has 10 atom stereocenters. The number of methoxy groups -OCH3 is 1. The molecule has 5 N–H and O–H groups in total. The Bertz CT molecular complexity index is 1780. The van der Waals surface area contributed by atoms with Crippen molar-refractivity contribution >= 4 is 11.8 Å². The molecule has 12 heteroatoms. The monoisotopic (exact) mass is 816 g/mol. The molecular weight excluding hydrogens is 747 g/mol. The maximum atomic E-state index is 14.3. The van der Waals surface area contributed by atoms with Crippen LogP contribution in [0.25, 0.3) is 0 Å². The molecule has 2 saturated heterocycles. The highest BCUT2D eigenvalue weighted by Gasteiger charge is 2.50. The van der Waals surface area contributed by atoms with Crippen LogP contribution in [0.4, 0.5) is 0 Å². The van der Waals surface area contributed by atoms with Gasteiger partial charge in [0.25, 0.3) is 5.91 Å². The van der Waals surface area contributed by atoms with Gasteiger partial charge in [-0.25, -0.2) is 0 Å². The summed E-state index contributed by atoms with van der Waals surface area (Å²) in [5, 5.41) is 41.2. The van der Waals surface area contributed by atoms with Gasteiger partial charge in [-0.05, 0) is 87.9 Å². The summed E-state index contributed by atoms with van der Waals surface area (Å²) in [6, 6.07) is 14.0. The summed E-state index contributed by atoms with van der Waals surface area (Å²) in [7, 11) is 5.56. The highest BCUT2D eigenvalue weighted by atomic mass is 16.7. The molecule has 0 radical (unpaired) electrons. The first-order chi connectivity index (χ1) is 28.3. The molecule has 0 bridgehead atoms. The molecule has 4 aliphatic rings. The number of amides is 2. The fourth-order valence-corrected chi connectivity index (χ4v) is 9.79. The zero-order valence-electron chi connectivity index (χ0n) is 36.2. The van der Waals surface area contributed by atoms with Crippen molar-refractivity contribution in [3.05, 3.63) is 88.6 Å². The van der Waals surface area contributed by atoms with Crippen molar-refractivity contribution in [1.29, 1.82) is 0 Å². The van der Waals surface area contributed by atoms with Crippen LogP contribution >= 0.6 is 0 Å². The van der Waals surface area contributed by atoms with Crippen molar-refractivity contribution in [3.8, 4) is 5.75 Å². The number of nitrogens with zero attached hydrogens (tertiary/aromatic N) is 3. The van der Waals surface area contributed by atoms with E-state index in [-0.39, 0.29) is 36.9 Å². The molecule has 2 aromatic rings. The molecule has 0 spiro atoms. The van der Waals surface area contributed by atoms with Crippen LogP contribution in [0, 0.1) is 23.7 Å². The number of carbonyl (C=O) groups is 2. The predicted molar refractivity (Wildman–Crippen MR) is 229 cm³/mol. The molecule has 0 aromatic heterocycles. The van der Waals surface area contributed by atoms with Crippen LogP contribution in [-0.2, 0) is 21.0 Å². The van der Waals surface area contributed by atoms with Crippen molar-refractivity contribution < 1.29 is 34.5 Å². The summed E-state index contributed by atoms with van der Waals surface area (Å²) < 4.78 is 6.16. The number of para-hydroxylation sites is 1. The minimum absolute atomic E-state index is 0.00622. The standard InChI is InChI=1S/C47H69N5O7/c1-29(2)33-19-18-30(3)39(25-33)48-47(57)43-42(31(4)54)41(28-53)59-52(43)26-34-16-13-17-38(45(34)58-7)35-22-36(24-37(23-35)50(5)6)46(56)49-40(27-51-20-11-12-21-51)44(55)32-14-9-8-10-15-32/h8-10,13-17,22,24,29-31,33,35,39-44,53-55H,11-12,18-21,23,25-28H2,1-7H3,(H,48,57)(H,49,56)/t30-,31-,33+,35?,39-,40+,41-,42+,43-,44+/m0/s1. The summed E-state index contributed by atoms with van der Waals surface area (Å²) in [6.07, 6.45) is 7.26. The van der Waals surface area contributed by atoms with E-state index in [4.69, 9.17) is 9.57 Å². The third kappa shape index (κ3) is 10.6. The van der Waals surface area contributed by atoms with Gasteiger partial charge in [0.05, 0.1) is 32.4 Å². The van der Waals surface area contributed by atoms with Crippen LogP contribution in [0.2, 0.25) is 0 Å². The topological polar surface area (TPSA) is 147 Å². The zero-order valence-corrected chi connectivity index (χ0v) is 36.2. The van der Waals surface area contributed by atoms with E-state index >= 15 is 0 Å². The number of hydrogen-bond donors (Lipinski definition) is 5. The van der Waals surface area contributed by atoms with Crippen molar-refractivity contribution in [3.63, 3.8) is 0 Å². The van der Waals surface area contributed by atoms with Crippen molar-refractivity contribution in [2.24, 2.45) is 23.7 Å². The molecule has 12 nitrogen and oxygen atoms in total. The molecule has 59 heavy (non-hydrogen) atoms. The predicted octanol–water partition coefficient (Wildman–Crippen LogP) is 4.92. The van der Waals surface area contributed by atoms with E-state index in [1.807, 2.05) is 79.7 Å². The number of hydroxylamine groups is 2. The van der Waals surface area contributed by atoms with Gasteiger partial charge in [0.2, 0.25) is 5.91 Å². The highest BCUT2D eigenvalue weighted by molar-refractivity contribution is 5.97. The number of benzene rings is 2. The van der Waals surface area contributed by atoms with Crippen LogP contribution in [0.5, 0.6) is 5.75 Å². The minimum atomic E-state index is -0.912. The van der Waals surface area contributed by atoms with Crippen molar-refractivity contribution in [2.75, 3.05) is 47.4 Å². The number of rotatable bonds is 16. The Morgan fingerprint density at radius 2 is 1.75 bits per heavy atom. The summed E-state index contributed by atoms with van der Waals surface area (Å²) in [5.74, 6) is 0.626. The third-order valence-electron chi connectivity index (χ3n) is 13.4. The van der Waals surface area contributed by atoms with E-state index in [1.54, 1.807) is 19.1 Å². The molecule has 6 rings (SSSR count). The maximum Gasteiger partial charge on any atom is 0.251 e. The van der Waals surface area contributed by atoms with Gasteiger partial charge in [0.15, 0.2) is 0 Å². The number of aliphatic hydroxyl groups excluding tert-OH is 3. The lowest BCUT2D eigenvalue weighted by molar-refractivity contribution is -0.182. The molecule has 2 heterocycles. The van der Waals surface area contributed by atoms with E-state index in [0.717, 1.165) is 67.6 Å². The molecule has 2 aromatic carbocycles. The summed E-state index contributed by atoms with van der Waals surface area (Å²) >= 11 is 0. The fourth-order valence-electron chi connectivity index (χ4n) is 9.79. The summed E-state index contributed by atoms with van der Waals surface area (Å²) in [4.78, 5) is 39.3. The quantitative estimate of drug-likeness (QED) is 0.158. The number of nitrogens with one attached hydrogen (secondary N) is 2. The molecule has 1 saturated carbocycles. The van der Waals surface area contributed by atoms with Gasteiger partial charge in [-0.2, -0.15) is 5.06 Å². The first-order valence-corrected chi connectivity index (χ1v) is 21.8. The Morgan fingerprint density at radius 3 is 2.39 bits per heavy atom. The smallest absolute Gasteiger partial charge is 0.251 e. The van der Waals surface area contributed by atoms with Gasteiger partial charge in [-0.3, -0.25) is 14.4 Å². The van der Waals surface area contributed by atoms with Crippen LogP contribution in [0.3, 0.4) is 0 Å². The summed E-state index contributed by atoms with van der Waals surface area (Å²) in [6.45, 7) is 10.6. The van der Waals surface area contributed by atoms with Gasteiger partial charge in [-0.15, -0.1) is 0 Å². The second kappa shape index (κ2) is 20.2. The third-order valence-corrected chi connectivity index (χ3v) is 13.4. The molecule has 3 fully saturated rings. The van der Waals surface area contributed by atoms with E-state index in [2.05, 4.69) is 36.3 Å². The van der Waals surface area contributed by atoms with E-state index < -0.39 is 36.3 Å². The molecular formula is C47H69N5O7. The van der Waals surface area contributed by atoms with Gasteiger partial charge in [0, 0.05) is 60.9 Å². The average molecular weight is 816 g/mol. The first kappa shape index (κ1) is 44.8. The Hall–Kier alpha value is -3.78. The molecule has 2 aliphatic carbocycles. The maximum absolute atomic E-state index is 14.3. The van der Waals surface area contributed by atoms with Gasteiger partial charge < -0.3 is 40.5 Å². The lowest BCUT2D eigenvalue weighted by Crippen LogP contribution is -2.53. The van der Waals surface area contributed by atoms with Crippen LogP contribution in [0.1, 0.15) is 94.9 Å². The number of allylic oxidation sites excluding steroid dienone is 2. The number of carbonyl (C=O) groups excluding carboxylic acids is 2. The Morgan fingerprint density at radius 1 is 1.02 bits per heavy atom. The number of likely N-dealkylation sites (tertiary alicyclic amines) is 1. The Balaban J connectivity index is 1.27.